The van der Waals surface area contributed by atoms with E-state index in [1.165, 1.54) is 12.1 Å². The van der Waals surface area contributed by atoms with Gasteiger partial charge in [0.25, 0.3) is 0 Å². The van der Waals surface area contributed by atoms with Crippen LogP contribution in [0.3, 0.4) is 0 Å². The van der Waals surface area contributed by atoms with Crippen LogP contribution < -0.4 is 9.79 Å². The summed E-state index contributed by atoms with van der Waals surface area (Å²) in [7, 11) is 0. The Hall–Kier alpha value is -3.81. The van der Waals surface area contributed by atoms with E-state index in [9.17, 15) is 22.8 Å². The molecule has 37 heavy (non-hydrogen) atoms. The monoisotopic (exact) mass is 513 g/mol. The second kappa shape index (κ2) is 12.4. The number of hydrogen-bond acceptors (Lipinski definition) is 4. The number of anilines is 1. The molecule has 0 fully saturated rings. The summed E-state index contributed by atoms with van der Waals surface area (Å²) in [5.74, 6) is -0.113. The molecule has 5 nitrogen and oxygen atoms in total. The van der Waals surface area contributed by atoms with E-state index in [0.717, 1.165) is 23.3 Å². The Balaban J connectivity index is 1.84. The van der Waals surface area contributed by atoms with E-state index in [-0.39, 0.29) is 18.9 Å². The number of carbonyl (C=O) groups is 2. The third-order valence-electron chi connectivity index (χ3n) is 5.73. The Morgan fingerprint density at radius 1 is 0.865 bits per heavy atom. The van der Waals surface area contributed by atoms with Crippen molar-refractivity contribution in [2.45, 2.75) is 59.2 Å². The highest BCUT2D eigenvalue weighted by atomic mass is 19.4. The highest BCUT2D eigenvalue weighted by Crippen LogP contribution is 2.32. The molecule has 0 spiro atoms. The summed E-state index contributed by atoms with van der Waals surface area (Å²) in [6, 6.07) is 17.5. The Labute approximate surface area is 214 Å². The maximum absolute atomic E-state index is 13.1. The van der Waals surface area contributed by atoms with Crippen molar-refractivity contribution >= 4 is 17.6 Å². The number of aryl methyl sites for hydroxylation is 1. The number of amides is 1. The van der Waals surface area contributed by atoms with Gasteiger partial charge in [-0.2, -0.15) is 13.2 Å². The molecule has 3 aromatic rings. The first-order chi connectivity index (χ1) is 17.6. The van der Waals surface area contributed by atoms with Gasteiger partial charge in [0.15, 0.2) is 5.75 Å². The van der Waals surface area contributed by atoms with Gasteiger partial charge in [0.2, 0.25) is 5.91 Å². The van der Waals surface area contributed by atoms with E-state index in [2.05, 4.69) is 0 Å². The molecule has 8 heteroatoms. The molecule has 3 rings (SSSR count). The molecule has 0 N–H and O–H groups in total. The Morgan fingerprint density at radius 2 is 1.57 bits per heavy atom. The molecule has 0 unspecified atom stereocenters. The van der Waals surface area contributed by atoms with Crippen molar-refractivity contribution in [2.24, 2.45) is 0 Å². The lowest BCUT2D eigenvalue weighted by atomic mass is 10.0. The summed E-state index contributed by atoms with van der Waals surface area (Å²) in [5.41, 5.74) is 2.83. The largest absolute Gasteiger partial charge is 0.416 e. The highest BCUT2D eigenvalue weighted by molar-refractivity contribution is 5.94. The van der Waals surface area contributed by atoms with Crippen molar-refractivity contribution in [1.82, 2.24) is 0 Å². The van der Waals surface area contributed by atoms with E-state index in [4.69, 9.17) is 9.78 Å². The van der Waals surface area contributed by atoms with E-state index in [0.29, 0.717) is 41.8 Å². The van der Waals surface area contributed by atoms with Crippen LogP contribution in [0.5, 0.6) is 5.75 Å². The molecule has 0 aliphatic carbocycles. The van der Waals surface area contributed by atoms with Gasteiger partial charge in [0.1, 0.15) is 0 Å². The third kappa shape index (κ3) is 7.59. The molecule has 3 aromatic carbocycles. The van der Waals surface area contributed by atoms with Gasteiger partial charge in [0.05, 0.1) is 12.1 Å². The molecule has 196 valence electrons. The van der Waals surface area contributed by atoms with Crippen LogP contribution in [-0.2, 0) is 27.2 Å². The van der Waals surface area contributed by atoms with Gasteiger partial charge in [-0.1, -0.05) is 50.2 Å². The minimum Gasteiger partial charge on any atom is -0.308 e. The summed E-state index contributed by atoms with van der Waals surface area (Å²) in [4.78, 5) is 36.3. The van der Waals surface area contributed by atoms with Crippen LogP contribution in [0.4, 0.5) is 18.9 Å². The SMILES string of the molecule is CCCC(=O)OOc1ccc(CN(C(=O)CCC)c2cccc(-c3ccc(C(F)(F)F)cc3)c2)cc1C. The summed E-state index contributed by atoms with van der Waals surface area (Å²) in [6.45, 7) is 5.89. The Morgan fingerprint density at radius 3 is 2.19 bits per heavy atom. The zero-order valence-corrected chi connectivity index (χ0v) is 21.1. The van der Waals surface area contributed by atoms with Gasteiger partial charge >= 0.3 is 12.1 Å². The number of hydrogen-bond donors (Lipinski definition) is 0. The van der Waals surface area contributed by atoms with Crippen LogP contribution in [0.1, 0.15) is 56.2 Å². The predicted molar refractivity (Wildman–Crippen MR) is 136 cm³/mol. The van der Waals surface area contributed by atoms with Crippen LogP contribution in [0.2, 0.25) is 0 Å². The van der Waals surface area contributed by atoms with Crippen LogP contribution in [-0.4, -0.2) is 11.9 Å². The molecule has 0 aliphatic rings. The molecular formula is C29H30F3NO4. The number of rotatable bonds is 10. The molecule has 1 amide bonds. The summed E-state index contributed by atoms with van der Waals surface area (Å²) in [5, 5.41) is 0. The lowest BCUT2D eigenvalue weighted by molar-refractivity contribution is -0.214. The molecule has 0 saturated carbocycles. The lowest BCUT2D eigenvalue weighted by Gasteiger charge is -2.24. The predicted octanol–water partition coefficient (Wildman–Crippen LogP) is 7.65. The quantitative estimate of drug-likeness (QED) is 0.206. The van der Waals surface area contributed by atoms with Crippen molar-refractivity contribution in [3.63, 3.8) is 0 Å². The summed E-state index contributed by atoms with van der Waals surface area (Å²) in [6.07, 6.45) is -2.47. The van der Waals surface area contributed by atoms with Crippen LogP contribution in [0, 0.1) is 6.92 Å². The standard InChI is InChI=1S/C29H30F3NO4/c1-4-7-27(34)33(19-21-11-16-26(20(3)17-21)36-37-28(35)8-5-2)25-10-6-9-23(18-25)22-12-14-24(15-13-22)29(30,31)32/h6,9-18H,4-5,7-8,19H2,1-3H3. The topological polar surface area (TPSA) is 55.8 Å². The van der Waals surface area contributed by atoms with Crippen LogP contribution >= 0.6 is 0 Å². The highest BCUT2D eigenvalue weighted by Gasteiger charge is 2.30. The number of carbonyl (C=O) groups excluding carboxylic acids is 2. The molecule has 0 radical (unpaired) electrons. The second-order valence-corrected chi connectivity index (χ2v) is 8.74. The molecule has 0 atom stereocenters. The van der Waals surface area contributed by atoms with Gasteiger partial charge in [-0.05, 0) is 72.4 Å². The maximum atomic E-state index is 13.1. The van der Waals surface area contributed by atoms with Crippen molar-refractivity contribution in [3.8, 4) is 16.9 Å². The Kier molecular flexibility index (Phi) is 9.33. The van der Waals surface area contributed by atoms with Gasteiger partial charge < -0.3 is 4.90 Å². The molecule has 0 aromatic heterocycles. The molecule has 0 heterocycles. The average Bonchev–Trinajstić information content (AvgIpc) is 2.86. The first-order valence-corrected chi connectivity index (χ1v) is 12.2. The van der Waals surface area contributed by atoms with Crippen molar-refractivity contribution in [2.75, 3.05) is 4.90 Å². The zero-order chi connectivity index (χ0) is 27.0. The van der Waals surface area contributed by atoms with Crippen molar-refractivity contribution in [3.05, 3.63) is 83.4 Å². The maximum Gasteiger partial charge on any atom is 0.416 e. The number of alkyl halides is 3. The minimum atomic E-state index is -4.40. The fraction of sp³-hybridized carbons (Fsp3) is 0.310. The molecule has 0 bridgehead atoms. The van der Waals surface area contributed by atoms with Gasteiger partial charge in [-0.25, -0.2) is 4.79 Å². The third-order valence-corrected chi connectivity index (χ3v) is 5.73. The summed E-state index contributed by atoms with van der Waals surface area (Å²) >= 11 is 0. The van der Waals surface area contributed by atoms with E-state index < -0.39 is 17.7 Å². The Bertz CT molecular complexity index is 1220. The van der Waals surface area contributed by atoms with Crippen molar-refractivity contribution in [1.29, 1.82) is 0 Å². The number of benzene rings is 3. The molecule has 0 aliphatic heterocycles. The summed E-state index contributed by atoms with van der Waals surface area (Å²) < 4.78 is 38.8. The number of halogens is 3. The average molecular weight is 514 g/mol. The van der Waals surface area contributed by atoms with Gasteiger partial charge in [-0.15, -0.1) is 0 Å². The zero-order valence-electron chi connectivity index (χ0n) is 21.1. The van der Waals surface area contributed by atoms with E-state index in [1.807, 2.05) is 26.8 Å². The van der Waals surface area contributed by atoms with Crippen molar-refractivity contribution < 1.29 is 32.5 Å². The van der Waals surface area contributed by atoms with E-state index >= 15 is 0 Å². The van der Waals surface area contributed by atoms with E-state index in [1.54, 1.807) is 41.3 Å². The lowest BCUT2D eigenvalue weighted by Crippen LogP contribution is -2.30. The van der Waals surface area contributed by atoms with Crippen LogP contribution in [0.15, 0.2) is 66.7 Å². The normalized spacial score (nSPS) is 11.2. The second-order valence-electron chi connectivity index (χ2n) is 8.74. The first-order valence-electron chi connectivity index (χ1n) is 12.2. The fourth-order valence-corrected chi connectivity index (χ4v) is 3.80. The number of nitrogens with zero attached hydrogens (tertiary/aromatic N) is 1. The smallest absolute Gasteiger partial charge is 0.308 e. The fourth-order valence-electron chi connectivity index (χ4n) is 3.80. The van der Waals surface area contributed by atoms with Gasteiger partial charge in [-0.3, -0.25) is 14.6 Å². The first kappa shape index (κ1) is 27.8. The van der Waals surface area contributed by atoms with Gasteiger partial charge in [0, 0.05) is 18.5 Å². The molecule has 0 saturated heterocycles. The molecular weight excluding hydrogens is 483 g/mol. The minimum absolute atomic E-state index is 0.0708. The van der Waals surface area contributed by atoms with Crippen LogP contribution in [0.25, 0.3) is 11.1 Å².